The lowest BCUT2D eigenvalue weighted by Gasteiger charge is -2.32. The van der Waals surface area contributed by atoms with E-state index in [1.54, 1.807) is 5.49 Å². The van der Waals surface area contributed by atoms with E-state index in [0.717, 1.165) is 58.3 Å². The van der Waals surface area contributed by atoms with Crippen molar-refractivity contribution in [3.05, 3.63) is 35.6 Å². The maximum absolute atomic E-state index is 12.1. The molecule has 1 aliphatic heterocycles. The molecule has 63 heavy (non-hydrogen) atoms. The molecule has 1 fully saturated rings. The molecule has 0 aromatic heterocycles. The summed E-state index contributed by atoms with van der Waals surface area (Å²) in [5.41, 5.74) is 3.03. The largest absolute Gasteiger partial charge is 0.498 e. The van der Waals surface area contributed by atoms with Crippen LogP contribution in [0.5, 0.6) is 0 Å². The summed E-state index contributed by atoms with van der Waals surface area (Å²) in [5.74, 6) is 1.11. The molecule has 0 aromatic carbocycles. The number of rotatable bonds is 44. The number of piperazine rings is 1. The highest BCUT2D eigenvalue weighted by Crippen LogP contribution is 2.17. The Balaban J connectivity index is 0.00000273. The molecule has 1 rings (SSSR count). The molecule has 0 bridgehead atoms. The van der Waals surface area contributed by atoms with Crippen LogP contribution in [0, 0.1) is 0 Å². The molecule has 0 aliphatic carbocycles. The van der Waals surface area contributed by atoms with Crippen LogP contribution in [0.3, 0.4) is 0 Å². The van der Waals surface area contributed by atoms with Gasteiger partial charge in [0.05, 0.1) is 24.5 Å². The number of nitrogens with one attached hydrogen (secondary N) is 1. The van der Waals surface area contributed by atoms with Gasteiger partial charge >= 0.3 is 5.97 Å². The first-order valence-electron chi connectivity index (χ1n) is 26.9. The number of allylic oxidation sites excluding steroid dienone is 6. The number of nitrogens with zero attached hydrogens (tertiary/aromatic N) is 3. The Morgan fingerprint density at radius 1 is 0.571 bits per heavy atom. The summed E-state index contributed by atoms with van der Waals surface area (Å²) in [5, 5.41) is 3.18. The highest BCUT2D eigenvalue weighted by molar-refractivity contribution is 7.78. The summed E-state index contributed by atoms with van der Waals surface area (Å²) in [6.07, 6.45) is 47.8. The van der Waals surface area contributed by atoms with Gasteiger partial charge in [0.2, 0.25) is 0 Å². The molecule has 0 aromatic rings. The van der Waals surface area contributed by atoms with Gasteiger partial charge in [-0.05, 0) is 130 Å². The smallest absolute Gasteiger partial charge is 0.305 e. The van der Waals surface area contributed by atoms with Gasteiger partial charge in [-0.1, -0.05) is 153 Å². The van der Waals surface area contributed by atoms with E-state index in [0.29, 0.717) is 13.0 Å². The predicted octanol–water partition coefficient (Wildman–Crippen LogP) is 14.8. The zero-order chi connectivity index (χ0) is 46.1. The van der Waals surface area contributed by atoms with Gasteiger partial charge in [-0.25, -0.2) is 0 Å². The molecule has 8 heteroatoms. The summed E-state index contributed by atoms with van der Waals surface area (Å²) in [7, 11) is 4.22. The molecule has 0 unspecified atom stereocenters. The fraction of sp³-hybridized carbons (Fsp3) is 0.855. The van der Waals surface area contributed by atoms with Gasteiger partial charge in [0.25, 0.3) is 0 Å². The summed E-state index contributed by atoms with van der Waals surface area (Å²) in [6, 6.07) is 0. The van der Waals surface area contributed by atoms with Crippen LogP contribution in [-0.4, -0.2) is 106 Å². The number of thiocarbonyl (C=S) groups is 1. The van der Waals surface area contributed by atoms with Crippen LogP contribution in [0.25, 0.3) is 0 Å². The third-order valence-corrected chi connectivity index (χ3v) is 12.5. The molecule has 0 saturated carbocycles. The van der Waals surface area contributed by atoms with E-state index in [1.807, 2.05) is 7.05 Å². The summed E-state index contributed by atoms with van der Waals surface area (Å²) >= 11 is 5.25. The second-order valence-electron chi connectivity index (χ2n) is 18.6. The Labute approximate surface area is 398 Å². The summed E-state index contributed by atoms with van der Waals surface area (Å²) in [4.78, 5) is 19.2. The highest BCUT2D eigenvalue weighted by atomic mass is 32.1. The molecule has 0 atom stereocenters. The van der Waals surface area contributed by atoms with Gasteiger partial charge in [-0.2, -0.15) is 0 Å². The van der Waals surface area contributed by atoms with Crippen molar-refractivity contribution in [3.8, 4) is 0 Å². The number of ether oxygens (including phenoxy) is 2. The van der Waals surface area contributed by atoms with Crippen molar-refractivity contribution in [1.82, 2.24) is 20.0 Å². The van der Waals surface area contributed by atoms with Crippen LogP contribution >= 0.6 is 12.2 Å². The number of carbonyl (C=O) groups is 1. The SMILES string of the molecule is CCCCCCCC/C=C\CCCCCCCC(=O)OCCCN(C=S)CCCOC(CCCCCCC/C=C\CCCCCCCC)=C(C)C.CNCCCN1CCN(C)CC1. The van der Waals surface area contributed by atoms with Crippen molar-refractivity contribution in [2.24, 2.45) is 0 Å². The van der Waals surface area contributed by atoms with Crippen LogP contribution in [0.4, 0.5) is 0 Å². The zero-order valence-corrected chi connectivity index (χ0v) is 43.7. The predicted molar refractivity (Wildman–Crippen MR) is 281 cm³/mol. The molecule has 370 valence electrons. The van der Waals surface area contributed by atoms with Crippen LogP contribution < -0.4 is 5.32 Å². The van der Waals surface area contributed by atoms with Crippen molar-refractivity contribution < 1.29 is 14.3 Å². The average Bonchev–Trinajstić information content (AvgIpc) is 3.28. The lowest BCUT2D eigenvalue weighted by Crippen LogP contribution is -2.45. The highest BCUT2D eigenvalue weighted by Gasteiger charge is 2.12. The van der Waals surface area contributed by atoms with Crippen LogP contribution in [-0.2, 0) is 14.3 Å². The van der Waals surface area contributed by atoms with Crippen LogP contribution in [0.2, 0.25) is 0 Å². The van der Waals surface area contributed by atoms with Crippen molar-refractivity contribution in [2.75, 3.05) is 79.7 Å². The molecule has 7 nitrogen and oxygen atoms in total. The number of esters is 1. The Morgan fingerprint density at radius 2 is 1.00 bits per heavy atom. The van der Waals surface area contributed by atoms with Crippen molar-refractivity contribution in [1.29, 1.82) is 0 Å². The first kappa shape index (κ1) is 61.3. The number of hydrogen-bond acceptors (Lipinski definition) is 7. The van der Waals surface area contributed by atoms with Crippen LogP contribution in [0.15, 0.2) is 35.6 Å². The van der Waals surface area contributed by atoms with Crippen molar-refractivity contribution >= 4 is 23.7 Å². The molecule has 1 heterocycles. The lowest BCUT2D eigenvalue weighted by molar-refractivity contribution is -0.143. The monoisotopic (exact) mass is 903 g/mol. The first-order valence-corrected chi connectivity index (χ1v) is 27.3. The minimum absolute atomic E-state index is 0.0598. The van der Waals surface area contributed by atoms with Crippen molar-refractivity contribution in [3.63, 3.8) is 0 Å². The lowest BCUT2D eigenvalue weighted by atomic mass is 10.1. The number of hydrogen-bond donors (Lipinski definition) is 1. The molecule has 0 amide bonds. The quantitative estimate of drug-likeness (QED) is 0.0213. The molecule has 1 aliphatic rings. The Hall–Kier alpha value is -1.74. The average molecular weight is 904 g/mol. The van der Waals surface area contributed by atoms with Gasteiger partial charge in [-0.15, -0.1) is 0 Å². The van der Waals surface area contributed by atoms with Crippen molar-refractivity contribution in [2.45, 2.75) is 227 Å². The molecular weight excluding hydrogens is 797 g/mol. The maximum atomic E-state index is 12.1. The van der Waals surface area contributed by atoms with Gasteiger partial charge in [0.15, 0.2) is 0 Å². The number of carbonyl (C=O) groups excluding carboxylic acids is 1. The van der Waals surface area contributed by atoms with Gasteiger partial charge in [0, 0.05) is 52.1 Å². The van der Waals surface area contributed by atoms with Gasteiger partial charge < -0.3 is 29.5 Å². The fourth-order valence-electron chi connectivity index (χ4n) is 7.92. The fourth-order valence-corrected chi connectivity index (χ4v) is 8.13. The van der Waals surface area contributed by atoms with E-state index in [1.165, 1.54) is 205 Å². The topological polar surface area (TPSA) is 57.3 Å². The summed E-state index contributed by atoms with van der Waals surface area (Å²) in [6.45, 7) is 19.1. The molecule has 0 radical (unpaired) electrons. The van der Waals surface area contributed by atoms with E-state index in [2.05, 4.69) is 79.1 Å². The third kappa shape index (κ3) is 45.2. The van der Waals surface area contributed by atoms with E-state index in [4.69, 9.17) is 21.7 Å². The molecule has 0 spiro atoms. The Kier molecular flexibility index (Phi) is 48.3. The normalized spacial score (nSPS) is 13.4. The number of likely N-dealkylation sites (N-methyl/N-ethyl adjacent to an activating group) is 1. The zero-order valence-electron chi connectivity index (χ0n) is 42.9. The first-order chi connectivity index (χ1) is 30.9. The van der Waals surface area contributed by atoms with E-state index in [-0.39, 0.29) is 5.97 Å². The van der Waals surface area contributed by atoms with E-state index in [9.17, 15) is 4.79 Å². The maximum Gasteiger partial charge on any atom is 0.305 e. The summed E-state index contributed by atoms with van der Waals surface area (Å²) < 4.78 is 11.7. The van der Waals surface area contributed by atoms with E-state index < -0.39 is 0 Å². The molecular formula is C55H106N4O3S. The minimum Gasteiger partial charge on any atom is -0.498 e. The standard InChI is InChI=1S/C46H85NO3S.C9H21N3/c1-5-7-9-11-13-15-17-19-21-23-25-27-29-31-33-37-45(44(3)4)49-41-35-39-47(43-51)40-36-42-50-46(48)38-34-32-30-28-26-24-22-20-18-16-14-12-10-8-6-2;1-10-4-3-5-12-8-6-11(2)7-9-12/h19-22,43H,5-18,23-42H2,1-4H3;10H,3-9H2,1-2H3/b21-19-,22-20-;. The molecule has 1 saturated heterocycles. The van der Waals surface area contributed by atoms with Gasteiger partial charge in [-0.3, -0.25) is 4.79 Å². The minimum atomic E-state index is -0.0598. The third-order valence-electron chi connectivity index (χ3n) is 12.2. The van der Waals surface area contributed by atoms with Crippen LogP contribution in [0.1, 0.15) is 227 Å². The van der Waals surface area contributed by atoms with E-state index >= 15 is 0 Å². The second kappa shape index (κ2) is 49.7. The molecule has 1 N–H and O–H groups in total. The van der Waals surface area contributed by atoms with Gasteiger partial charge in [0.1, 0.15) is 0 Å². The Bertz CT molecular complexity index is 1070. The second-order valence-corrected chi connectivity index (χ2v) is 18.8. The Morgan fingerprint density at radius 3 is 1.44 bits per heavy atom. The number of unbranched alkanes of at least 4 members (excludes halogenated alkanes) is 22.